The Morgan fingerprint density at radius 2 is 2.08 bits per heavy atom. The summed E-state index contributed by atoms with van der Waals surface area (Å²) in [5.74, 6) is 0. The molecule has 0 unspecified atom stereocenters. The predicted octanol–water partition coefficient (Wildman–Crippen LogP) is 1.13. The Labute approximate surface area is 73.2 Å². The molecule has 0 atom stereocenters. The summed E-state index contributed by atoms with van der Waals surface area (Å²) in [5, 5.41) is 14.9. The molecule has 0 aliphatic carbocycles. The van der Waals surface area contributed by atoms with Crippen LogP contribution in [-0.2, 0) is 0 Å². The lowest BCUT2D eigenvalue weighted by molar-refractivity contribution is -0.493. The van der Waals surface area contributed by atoms with Crippen LogP contribution in [0.4, 0.5) is 17.1 Å². The van der Waals surface area contributed by atoms with Crippen LogP contribution in [-0.4, -0.2) is 5.03 Å². The van der Waals surface area contributed by atoms with Gasteiger partial charge in [-0.15, -0.1) is 0 Å². The van der Waals surface area contributed by atoms with Crippen molar-refractivity contribution in [2.75, 3.05) is 11.5 Å². The highest BCUT2D eigenvalue weighted by molar-refractivity contribution is 5.67. The van der Waals surface area contributed by atoms with Crippen molar-refractivity contribution in [2.24, 2.45) is 10.3 Å². The monoisotopic (exact) mass is 181 g/mol. The number of rotatable bonds is 2. The molecule has 7 nitrogen and oxygen atoms in total. The molecule has 1 aromatic rings. The van der Waals surface area contributed by atoms with Gasteiger partial charge in [0.05, 0.1) is 15.8 Å². The van der Waals surface area contributed by atoms with Crippen molar-refractivity contribution in [3.8, 4) is 0 Å². The molecule has 13 heavy (non-hydrogen) atoms. The average molecular weight is 181 g/mol. The number of nitrogen functional groups attached to an aromatic ring is 2. The van der Waals surface area contributed by atoms with Crippen LogP contribution >= 0.6 is 0 Å². The molecule has 0 aliphatic heterocycles. The molecule has 0 fully saturated rings. The molecule has 0 amide bonds. The number of nitrogens with two attached hydrogens (primary N) is 2. The highest BCUT2D eigenvalue weighted by Gasteiger charge is 2.03. The number of hydrogen-bond donors (Lipinski definition) is 2. The van der Waals surface area contributed by atoms with E-state index in [1.165, 1.54) is 18.2 Å². The summed E-state index contributed by atoms with van der Waals surface area (Å²) in [7, 11) is 0. The van der Waals surface area contributed by atoms with E-state index >= 15 is 0 Å². The van der Waals surface area contributed by atoms with E-state index in [0.29, 0.717) is 5.69 Å². The van der Waals surface area contributed by atoms with Gasteiger partial charge in [-0.25, -0.2) is 0 Å². The Morgan fingerprint density at radius 3 is 2.62 bits per heavy atom. The molecule has 0 aliphatic rings. The highest BCUT2D eigenvalue weighted by atomic mass is 16.7. The van der Waals surface area contributed by atoms with Crippen LogP contribution in [0.1, 0.15) is 0 Å². The lowest BCUT2D eigenvalue weighted by Crippen LogP contribution is -1.90. The highest BCUT2D eigenvalue weighted by Crippen LogP contribution is 2.24. The van der Waals surface area contributed by atoms with Crippen LogP contribution in [0.5, 0.6) is 0 Å². The minimum absolute atomic E-state index is 0.228. The third-order valence-electron chi connectivity index (χ3n) is 1.28. The quantitative estimate of drug-likeness (QED) is 0.307. The van der Waals surface area contributed by atoms with E-state index in [1.54, 1.807) is 0 Å². The summed E-state index contributed by atoms with van der Waals surface area (Å²) < 4.78 is 0. The van der Waals surface area contributed by atoms with E-state index in [1.807, 2.05) is 0 Å². The largest absolute Gasteiger partial charge is 0.399 e. The molecule has 1 rings (SSSR count). The fourth-order valence-electron chi connectivity index (χ4n) is 0.749. The maximum Gasteiger partial charge on any atom is 0.226 e. The first-order valence-corrected chi connectivity index (χ1v) is 3.30. The van der Waals surface area contributed by atoms with Gasteiger partial charge in [0, 0.05) is 5.69 Å². The van der Waals surface area contributed by atoms with Crippen LogP contribution < -0.4 is 11.5 Å². The average Bonchev–Trinajstić information content (AvgIpc) is 2.02. The zero-order valence-electron chi connectivity index (χ0n) is 6.54. The smallest absolute Gasteiger partial charge is 0.226 e. The van der Waals surface area contributed by atoms with Gasteiger partial charge in [0.25, 0.3) is 0 Å². The molecule has 0 aromatic heterocycles. The molecule has 0 spiro atoms. The van der Waals surface area contributed by atoms with Gasteiger partial charge in [0.2, 0.25) is 5.69 Å². The molecule has 0 saturated carbocycles. The molecular formula is C6H7N5O2. The SMILES string of the molecule is Nc1ccc(N=N[N+](=O)[O-])c(N)c1. The Balaban J connectivity index is 2.96. The lowest BCUT2D eigenvalue weighted by atomic mass is 10.2. The summed E-state index contributed by atoms with van der Waals surface area (Å²) in [6, 6.07) is 4.44. The Kier molecular flexibility index (Phi) is 2.38. The molecule has 68 valence electrons. The van der Waals surface area contributed by atoms with Crippen molar-refractivity contribution in [3.05, 3.63) is 28.3 Å². The molecular weight excluding hydrogens is 174 g/mol. The second-order valence-electron chi connectivity index (χ2n) is 2.25. The first-order valence-electron chi connectivity index (χ1n) is 3.30. The van der Waals surface area contributed by atoms with Gasteiger partial charge in [-0.05, 0) is 18.2 Å². The van der Waals surface area contributed by atoms with Gasteiger partial charge in [-0.1, -0.05) is 0 Å². The van der Waals surface area contributed by atoms with Gasteiger partial charge >= 0.3 is 0 Å². The first-order chi connectivity index (χ1) is 6.09. The molecule has 0 heterocycles. The van der Waals surface area contributed by atoms with Crippen LogP contribution in [0.3, 0.4) is 0 Å². The summed E-state index contributed by atoms with van der Waals surface area (Å²) in [5.41, 5.74) is 11.8. The van der Waals surface area contributed by atoms with E-state index in [0.717, 1.165) is 0 Å². The number of nitrogens with zero attached hydrogens (tertiary/aromatic N) is 3. The minimum Gasteiger partial charge on any atom is -0.399 e. The molecule has 0 bridgehead atoms. The van der Waals surface area contributed by atoms with Crippen molar-refractivity contribution in [3.63, 3.8) is 0 Å². The van der Waals surface area contributed by atoms with Gasteiger partial charge in [0.1, 0.15) is 0 Å². The number of hydrogen-bond acceptors (Lipinski definition) is 5. The van der Waals surface area contributed by atoms with Crippen molar-refractivity contribution in [1.82, 2.24) is 0 Å². The van der Waals surface area contributed by atoms with E-state index in [4.69, 9.17) is 11.5 Å². The third-order valence-corrected chi connectivity index (χ3v) is 1.28. The van der Waals surface area contributed by atoms with Crippen LogP contribution in [0.15, 0.2) is 28.5 Å². The van der Waals surface area contributed by atoms with Crippen LogP contribution in [0, 0.1) is 10.1 Å². The maximum absolute atomic E-state index is 9.83. The zero-order chi connectivity index (χ0) is 9.84. The van der Waals surface area contributed by atoms with Gasteiger partial charge in [0.15, 0.2) is 5.22 Å². The van der Waals surface area contributed by atoms with Gasteiger partial charge < -0.3 is 21.6 Å². The van der Waals surface area contributed by atoms with Crippen molar-refractivity contribution in [1.29, 1.82) is 0 Å². The van der Waals surface area contributed by atoms with Crippen molar-refractivity contribution in [2.45, 2.75) is 0 Å². The second-order valence-corrected chi connectivity index (χ2v) is 2.25. The first kappa shape index (κ1) is 8.91. The summed E-state index contributed by atoms with van der Waals surface area (Å²) >= 11 is 0. The van der Waals surface area contributed by atoms with E-state index in [9.17, 15) is 10.1 Å². The van der Waals surface area contributed by atoms with Crippen molar-refractivity contribution < 1.29 is 5.03 Å². The van der Waals surface area contributed by atoms with Crippen LogP contribution in [0.2, 0.25) is 0 Å². The molecule has 0 saturated heterocycles. The normalized spacial score (nSPS) is 10.5. The Bertz CT molecular complexity index is 362. The van der Waals surface area contributed by atoms with Gasteiger partial charge in [-0.2, -0.15) is 0 Å². The maximum atomic E-state index is 9.83. The Hall–Kier alpha value is -2.18. The van der Waals surface area contributed by atoms with E-state index in [2.05, 4.69) is 10.3 Å². The predicted molar refractivity (Wildman–Crippen MR) is 46.8 cm³/mol. The standard InChI is InChI=1S/C6H7N5O2/c7-4-1-2-6(5(8)3-4)9-10-11(12)13/h1-3H,7-8H2. The molecule has 4 N–H and O–H groups in total. The summed E-state index contributed by atoms with van der Waals surface area (Å²) in [4.78, 5) is 9.83. The fraction of sp³-hybridized carbons (Fsp3) is 0. The second kappa shape index (κ2) is 3.48. The van der Waals surface area contributed by atoms with Crippen molar-refractivity contribution >= 4 is 17.1 Å². The molecule has 1 aromatic carbocycles. The molecule has 7 heteroatoms. The lowest BCUT2D eigenvalue weighted by Gasteiger charge is -1.94. The Morgan fingerprint density at radius 1 is 1.38 bits per heavy atom. The third kappa shape index (κ3) is 2.40. The van der Waals surface area contributed by atoms with E-state index < -0.39 is 5.03 Å². The van der Waals surface area contributed by atoms with E-state index in [-0.39, 0.29) is 11.4 Å². The van der Waals surface area contributed by atoms with Crippen LogP contribution in [0.25, 0.3) is 0 Å². The number of nitro groups is 1. The molecule has 0 radical (unpaired) electrons. The summed E-state index contributed by atoms with van der Waals surface area (Å²) in [6.07, 6.45) is 0. The van der Waals surface area contributed by atoms with Gasteiger partial charge in [-0.3, -0.25) is 0 Å². The minimum atomic E-state index is -0.907. The summed E-state index contributed by atoms with van der Waals surface area (Å²) in [6.45, 7) is 0. The fourth-order valence-corrected chi connectivity index (χ4v) is 0.749. The number of benzene rings is 1. The number of anilines is 2. The zero-order valence-corrected chi connectivity index (χ0v) is 6.54. The topological polar surface area (TPSA) is 120 Å².